The van der Waals surface area contributed by atoms with Gasteiger partial charge in [-0.2, -0.15) is 0 Å². The Hall–Kier alpha value is -0.610. The van der Waals surface area contributed by atoms with Gasteiger partial charge in [0.25, 0.3) is 0 Å². The number of rotatable bonds is 0. The third kappa shape index (κ3) is 1.32. The lowest BCUT2D eigenvalue weighted by molar-refractivity contribution is -0.141. The smallest absolute Gasteiger partial charge is 0.246 e. The zero-order valence-electron chi connectivity index (χ0n) is 7.17. The van der Waals surface area contributed by atoms with E-state index in [1.807, 2.05) is 0 Å². The summed E-state index contributed by atoms with van der Waals surface area (Å²) in [5.41, 5.74) is 0. The highest BCUT2D eigenvalue weighted by molar-refractivity contribution is 5.78. The number of morpholine rings is 1. The van der Waals surface area contributed by atoms with E-state index in [2.05, 4.69) is 17.6 Å². The Kier molecular flexibility index (Phi) is 2.02. The van der Waals surface area contributed by atoms with Crippen LogP contribution in [0.25, 0.3) is 0 Å². The standard InChI is InChI=1S/C8H14N2O2/c1-5-2-9-3-6-8(5)12-4-7(11)10-6/h5-6,8-9H,2-4H2,1H3,(H,10,11). The lowest BCUT2D eigenvalue weighted by Crippen LogP contribution is -2.62. The largest absolute Gasteiger partial charge is 0.366 e. The highest BCUT2D eigenvalue weighted by Gasteiger charge is 2.35. The van der Waals surface area contributed by atoms with Crippen LogP contribution in [0.2, 0.25) is 0 Å². The van der Waals surface area contributed by atoms with E-state index in [1.54, 1.807) is 0 Å². The van der Waals surface area contributed by atoms with Crippen molar-refractivity contribution in [3.05, 3.63) is 0 Å². The molecule has 4 nitrogen and oxygen atoms in total. The fraction of sp³-hybridized carbons (Fsp3) is 0.875. The van der Waals surface area contributed by atoms with Gasteiger partial charge in [-0.3, -0.25) is 4.79 Å². The van der Waals surface area contributed by atoms with E-state index >= 15 is 0 Å². The molecule has 0 spiro atoms. The van der Waals surface area contributed by atoms with Crippen LogP contribution in [0.4, 0.5) is 0 Å². The highest BCUT2D eigenvalue weighted by Crippen LogP contribution is 2.17. The fourth-order valence-corrected chi connectivity index (χ4v) is 1.93. The van der Waals surface area contributed by atoms with Crippen molar-refractivity contribution in [3.8, 4) is 0 Å². The van der Waals surface area contributed by atoms with Crippen molar-refractivity contribution in [3.63, 3.8) is 0 Å². The van der Waals surface area contributed by atoms with Gasteiger partial charge in [-0.25, -0.2) is 0 Å². The van der Waals surface area contributed by atoms with Gasteiger partial charge in [0.15, 0.2) is 0 Å². The van der Waals surface area contributed by atoms with E-state index in [4.69, 9.17) is 4.74 Å². The molecule has 2 aliphatic rings. The Balaban J connectivity index is 2.04. The lowest BCUT2D eigenvalue weighted by Gasteiger charge is -2.40. The number of ether oxygens (including phenoxy) is 1. The molecule has 2 rings (SSSR count). The fourth-order valence-electron chi connectivity index (χ4n) is 1.93. The Morgan fingerprint density at radius 1 is 1.50 bits per heavy atom. The highest BCUT2D eigenvalue weighted by atomic mass is 16.5. The first-order chi connectivity index (χ1) is 5.77. The van der Waals surface area contributed by atoms with Crippen LogP contribution >= 0.6 is 0 Å². The van der Waals surface area contributed by atoms with Crippen molar-refractivity contribution in [1.29, 1.82) is 0 Å². The van der Waals surface area contributed by atoms with Gasteiger partial charge in [0.2, 0.25) is 5.91 Å². The third-order valence-electron chi connectivity index (χ3n) is 2.54. The molecule has 3 atom stereocenters. The maximum atomic E-state index is 11.0. The van der Waals surface area contributed by atoms with Gasteiger partial charge in [0.05, 0.1) is 12.1 Å². The quantitative estimate of drug-likeness (QED) is 0.496. The number of hydrogen-bond donors (Lipinski definition) is 2. The van der Waals surface area contributed by atoms with Gasteiger partial charge in [-0.15, -0.1) is 0 Å². The zero-order chi connectivity index (χ0) is 8.55. The molecule has 2 fully saturated rings. The molecular weight excluding hydrogens is 156 g/mol. The molecular formula is C8H14N2O2. The Morgan fingerprint density at radius 3 is 3.17 bits per heavy atom. The summed E-state index contributed by atoms with van der Waals surface area (Å²) in [4.78, 5) is 11.0. The van der Waals surface area contributed by atoms with Gasteiger partial charge < -0.3 is 15.4 Å². The van der Waals surface area contributed by atoms with Crippen molar-refractivity contribution < 1.29 is 9.53 Å². The molecule has 68 valence electrons. The number of piperidine rings is 1. The molecule has 0 saturated carbocycles. The van der Waals surface area contributed by atoms with Crippen molar-refractivity contribution in [2.75, 3.05) is 19.7 Å². The molecule has 0 radical (unpaired) electrons. The van der Waals surface area contributed by atoms with E-state index < -0.39 is 0 Å². The van der Waals surface area contributed by atoms with E-state index in [0.29, 0.717) is 5.92 Å². The summed E-state index contributed by atoms with van der Waals surface area (Å²) in [5.74, 6) is 0.497. The molecule has 0 aromatic rings. The Labute approximate surface area is 71.7 Å². The van der Waals surface area contributed by atoms with Crippen molar-refractivity contribution in [2.45, 2.75) is 19.1 Å². The first-order valence-corrected chi connectivity index (χ1v) is 4.39. The van der Waals surface area contributed by atoms with E-state index in [0.717, 1.165) is 13.1 Å². The van der Waals surface area contributed by atoms with Crippen molar-refractivity contribution in [1.82, 2.24) is 10.6 Å². The molecule has 1 amide bonds. The number of carbonyl (C=O) groups is 1. The number of hydrogen-bond acceptors (Lipinski definition) is 3. The number of amides is 1. The maximum Gasteiger partial charge on any atom is 0.246 e. The molecule has 3 unspecified atom stereocenters. The molecule has 12 heavy (non-hydrogen) atoms. The predicted molar refractivity (Wildman–Crippen MR) is 43.7 cm³/mol. The maximum absolute atomic E-state index is 11.0. The molecule has 2 N–H and O–H groups in total. The van der Waals surface area contributed by atoms with Gasteiger partial charge in [0.1, 0.15) is 6.61 Å². The topological polar surface area (TPSA) is 50.4 Å². The molecule has 0 aromatic heterocycles. The van der Waals surface area contributed by atoms with Crippen molar-refractivity contribution in [2.24, 2.45) is 5.92 Å². The second-order valence-electron chi connectivity index (χ2n) is 3.59. The van der Waals surface area contributed by atoms with Gasteiger partial charge in [0, 0.05) is 13.1 Å². The number of carbonyl (C=O) groups excluding carboxylic acids is 1. The minimum atomic E-state index is 0.00662. The van der Waals surface area contributed by atoms with E-state index in [9.17, 15) is 4.79 Å². The van der Waals surface area contributed by atoms with Gasteiger partial charge >= 0.3 is 0 Å². The van der Waals surface area contributed by atoms with Crippen LogP contribution in [-0.2, 0) is 9.53 Å². The van der Waals surface area contributed by atoms with Crippen LogP contribution < -0.4 is 10.6 Å². The SMILES string of the molecule is CC1CNCC2NC(=O)COC12. The minimum Gasteiger partial charge on any atom is -0.366 e. The first-order valence-electron chi connectivity index (χ1n) is 4.39. The average Bonchev–Trinajstić information content (AvgIpc) is 2.04. The molecule has 2 heterocycles. The molecule has 2 aliphatic heterocycles. The minimum absolute atomic E-state index is 0.00662. The van der Waals surface area contributed by atoms with Crippen LogP contribution in [0.15, 0.2) is 0 Å². The number of fused-ring (bicyclic) bond motifs is 1. The average molecular weight is 170 g/mol. The summed E-state index contributed by atoms with van der Waals surface area (Å²) in [7, 11) is 0. The summed E-state index contributed by atoms with van der Waals surface area (Å²) in [6.45, 7) is 4.19. The Bertz CT molecular complexity index is 195. The van der Waals surface area contributed by atoms with E-state index in [-0.39, 0.29) is 24.7 Å². The predicted octanol–water partition coefficient (Wildman–Crippen LogP) is -0.891. The summed E-state index contributed by atoms with van der Waals surface area (Å²) in [5, 5.41) is 6.18. The second kappa shape index (κ2) is 3.03. The van der Waals surface area contributed by atoms with Crippen LogP contribution in [0.5, 0.6) is 0 Å². The van der Waals surface area contributed by atoms with Gasteiger partial charge in [-0.05, 0) is 5.92 Å². The van der Waals surface area contributed by atoms with Crippen LogP contribution in [0, 0.1) is 5.92 Å². The second-order valence-corrected chi connectivity index (χ2v) is 3.59. The number of nitrogens with one attached hydrogen (secondary N) is 2. The summed E-state index contributed by atoms with van der Waals surface area (Å²) < 4.78 is 5.45. The molecule has 4 heteroatoms. The normalized spacial score (nSPS) is 41.8. The lowest BCUT2D eigenvalue weighted by atomic mass is 9.93. The Morgan fingerprint density at radius 2 is 2.33 bits per heavy atom. The van der Waals surface area contributed by atoms with E-state index in [1.165, 1.54) is 0 Å². The molecule has 0 bridgehead atoms. The summed E-state index contributed by atoms with van der Waals surface area (Å²) >= 11 is 0. The monoisotopic (exact) mass is 170 g/mol. The molecule has 2 saturated heterocycles. The molecule has 0 aliphatic carbocycles. The van der Waals surface area contributed by atoms with Crippen LogP contribution in [0.1, 0.15) is 6.92 Å². The van der Waals surface area contributed by atoms with Crippen molar-refractivity contribution >= 4 is 5.91 Å². The summed E-state index contributed by atoms with van der Waals surface area (Å²) in [6.07, 6.45) is 0.212. The van der Waals surface area contributed by atoms with Crippen LogP contribution in [-0.4, -0.2) is 37.7 Å². The van der Waals surface area contributed by atoms with Crippen LogP contribution in [0.3, 0.4) is 0 Å². The zero-order valence-corrected chi connectivity index (χ0v) is 7.17. The van der Waals surface area contributed by atoms with Gasteiger partial charge in [-0.1, -0.05) is 6.92 Å². The first kappa shape index (κ1) is 8.01. The third-order valence-corrected chi connectivity index (χ3v) is 2.54. The summed E-state index contributed by atoms with van der Waals surface area (Å²) in [6, 6.07) is 0.176. The molecule has 0 aromatic carbocycles.